The van der Waals surface area contributed by atoms with E-state index in [0.29, 0.717) is 25.7 Å². The Balaban J connectivity index is 5.38. The minimum absolute atomic E-state index is 0.0713. The molecule has 0 aromatic rings. The van der Waals surface area contributed by atoms with Gasteiger partial charge in [-0.05, 0) is 161 Å². The third kappa shape index (κ3) is 77.1. The summed E-state index contributed by atoms with van der Waals surface area (Å²) in [6.45, 7) is 4.51. The number of hydrogen-bond acceptors (Lipinski definition) is 15. The van der Waals surface area contributed by atoms with Gasteiger partial charge in [0, 0.05) is 25.7 Å². The van der Waals surface area contributed by atoms with E-state index in [1.165, 1.54) is 19.3 Å². The Kier molecular flexibility index (Phi) is 74.3. The lowest BCUT2D eigenvalue weighted by Gasteiger charge is -2.21. The molecule has 0 spiro atoms. The van der Waals surface area contributed by atoms with Gasteiger partial charge in [0.15, 0.2) is 12.2 Å². The molecule has 0 saturated carbocycles. The predicted octanol–water partition coefficient (Wildman–Crippen LogP) is 24.2. The van der Waals surface area contributed by atoms with Gasteiger partial charge in [0.25, 0.3) is 0 Å². The molecule has 0 amide bonds. The topological polar surface area (TPSA) is 237 Å². The lowest BCUT2D eigenvalue weighted by atomic mass is 10.1. The van der Waals surface area contributed by atoms with E-state index in [2.05, 4.69) is 174 Å². The average molecular weight is 1530 g/mol. The first kappa shape index (κ1) is 101. The number of carbonyl (C=O) groups is 4. The molecular weight excluding hydrogens is 1380 g/mol. The molecule has 5 atom stereocenters. The Hall–Kier alpha value is -5.06. The maximum absolute atomic E-state index is 13.1. The van der Waals surface area contributed by atoms with Gasteiger partial charge < -0.3 is 33.8 Å². The molecular formula is C87H146O17P2. The highest BCUT2D eigenvalue weighted by Crippen LogP contribution is 2.45. The van der Waals surface area contributed by atoms with Crippen LogP contribution >= 0.6 is 15.6 Å². The zero-order valence-electron chi connectivity index (χ0n) is 66.3. The third-order valence-electron chi connectivity index (χ3n) is 16.7. The van der Waals surface area contributed by atoms with E-state index in [9.17, 15) is 43.2 Å². The summed E-state index contributed by atoms with van der Waals surface area (Å²) < 4.78 is 68.7. The molecule has 606 valence electrons. The summed E-state index contributed by atoms with van der Waals surface area (Å²) in [7, 11) is -9.98. The fourth-order valence-electron chi connectivity index (χ4n) is 10.6. The van der Waals surface area contributed by atoms with E-state index >= 15 is 0 Å². The van der Waals surface area contributed by atoms with Crippen LogP contribution in [-0.4, -0.2) is 96.7 Å². The fourth-order valence-corrected chi connectivity index (χ4v) is 12.1. The number of ether oxygens (including phenoxy) is 4. The molecule has 0 heterocycles. The number of aliphatic hydroxyl groups is 1. The molecule has 3 N–H and O–H groups in total. The third-order valence-corrected chi connectivity index (χ3v) is 18.7. The van der Waals surface area contributed by atoms with Crippen LogP contribution in [0.3, 0.4) is 0 Å². The molecule has 0 radical (unpaired) electrons. The molecule has 5 unspecified atom stereocenters. The summed E-state index contributed by atoms with van der Waals surface area (Å²) in [5.74, 6) is -2.23. The maximum atomic E-state index is 13.1. The number of phosphoric ester groups is 2. The Bertz CT molecular complexity index is 2580. The van der Waals surface area contributed by atoms with Gasteiger partial charge in [0.2, 0.25) is 0 Å². The second kappa shape index (κ2) is 78.1. The first-order chi connectivity index (χ1) is 51.7. The lowest BCUT2D eigenvalue weighted by Crippen LogP contribution is -2.30. The second-order valence-corrected chi connectivity index (χ2v) is 29.8. The van der Waals surface area contributed by atoms with E-state index in [-0.39, 0.29) is 25.7 Å². The molecule has 0 rings (SSSR count). The number of hydrogen-bond donors (Lipinski definition) is 3. The van der Waals surface area contributed by atoms with E-state index < -0.39 is 97.5 Å². The van der Waals surface area contributed by atoms with Crippen LogP contribution in [0.4, 0.5) is 0 Å². The van der Waals surface area contributed by atoms with Crippen LogP contribution in [0, 0.1) is 0 Å². The molecule has 0 aliphatic heterocycles. The highest BCUT2D eigenvalue weighted by atomic mass is 31.2. The average Bonchev–Trinajstić information content (AvgIpc) is 0.901. The molecule has 0 aliphatic rings. The van der Waals surface area contributed by atoms with Crippen LogP contribution in [0.15, 0.2) is 146 Å². The minimum atomic E-state index is -4.99. The van der Waals surface area contributed by atoms with Crippen LogP contribution in [0.25, 0.3) is 0 Å². The Morgan fingerprint density at radius 1 is 0.274 bits per heavy atom. The number of carbonyl (C=O) groups excluding carboxylic acids is 4. The first-order valence-corrected chi connectivity index (χ1v) is 44.1. The maximum Gasteiger partial charge on any atom is 0.472 e. The molecule has 106 heavy (non-hydrogen) atoms. The number of rotatable bonds is 76. The zero-order valence-corrected chi connectivity index (χ0v) is 68.1. The smallest absolute Gasteiger partial charge is 0.462 e. The van der Waals surface area contributed by atoms with E-state index in [1.54, 1.807) is 0 Å². The van der Waals surface area contributed by atoms with Gasteiger partial charge in [-0.25, -0.2) is 9.13 Å². The number of allylic oxidation sites excluding steroid dienone is 24. The normalized spacial score (nSPS) is 14.6. The summed E-state index contributed by atoms with van der Waals surface area (Å²) in [5, 5.41) is 10.7. The molecule has 0 aliphatic carbocycles. The van der Waals surface area contributed by atoms with Crippen molar-refractivity contribution in [2.24, 2.45) is 0 Å². The number of unbranched alkanes of at least 4 members (excludes halogenated alkanes) is 26. The van der Waals surface area contributed by atoms with Crippen molar-refractivity contribution in [1.82, 2.24) is 0 Å². The van der Waals surface area contributed by atoms with Crippen molar-refractivity contribution < 1.29 is 80.2 Å². The quantitative estimate of drug-likeness (QED) is 0.0169. The Labute approximate surface area is 643 Å². The standard InChI is InChI=1S/C87H146O17P2/c1-5-9-13-17-21-25-29-33-36-38-40-42-45-48-51-55-59-63-67-71-84(89)97-77-82(103-86(91)73-69-65-61-57-53-47-32-28-24-20-16-12-8-4)79-101-105(93,94)99-75-81(88)76-100-106(95,96)102-80-83(104-87(92)74-70-66-62-58-54-50-44-35-31-27-23-19-15-11-7-3)78-98-85(90)72-68-64-60-56-52-49-46-43-41-39-37-34-30-26-22-18-14-10-6-2/h9-10,13-14,16,20-23,25-28,32-37,40-44,81-83,88H,5-8,11-12,15,17-19,24,29-31,38-39,45-80H2,1-4H3,(H,93,94)(H,95,96)/b13-9-,14-10-,20-16-,25-21-,26-22-,27-23-,32-28-,36-33-,37-34-,42-40-,43-41-,44-35-. The molecule has 0 saturated heterocycles. The van der Waals surface area contributed by atoms with Gasteiger partial charge in [-0.2, -0.15) is 0 Å². The summed E-state index contributed by atoms with van der Waals surface area (Å²) in [4.78, 5) is 73.1. The van der Waals surface area contributed by atoms with Crippen LogP contribution < -0.4 is 0 Å². The Morgan fingerprint density at radius 2 is 0.509 bits per heavy atom. The lowest BCUT2D eigenvalue weighted by molar-refractivity contribution is -0.161. The van der Waals surface area contributed by atoms with Crippen molar-refractivity contribution >= 4 is 39.5 Å². The number of phosphoric acid groups is 2. The summed E-state index contributed by atoms with van der Waals surface area (Å²) in [6.07, 6.45) is 89.5. The van der Waals surface area contributed by atoms with Gasteiger partial charge in [0.1, 0.15) is 19.3 Å². The Morgan fingerprint density at radius 3 is 0.792 bits per heavy atom. The van der Waals surface area contributed by atoms with E-state index in [0.717, 1.165) is 225 Å². The molecule has 19 heteroatoms. The van der Waals surface area contributed by atoms with Crippen LogP contribution in [0.1, 0.15) is 323 Å². The summed E-state index contributed by atoms with van der Waals surface area (Å²) in [5.41, 5.74) is 0. The molecule has 0 bridgehead atoms. The van der Waals surface area contributed by atoms with Crippen molar-refractivity contribution in [1.29, 1.82) is 0 Å². The van der Waals surface area contributed by atoms with Gasteiger partial charge >= 0.3 is 39.5 Å². The largest absolute Gasteiger partial charge is 0.472 e. The summed E-state index contributed by atoms with van der Waals surface area (Å²) >= 11 is 0. The van der Waals surface area contributed by atoms with Crippen molar-refractivity contribution in [3.63, 3.8) is 0 Å². The highest BCUT2D eigenvalue weighted by Gasteiger charge is 2.30. The van der Waals surface area contributed by atoms with E-state index in [1.807, 2.05) is 0 Å². The fraction of sp³-hybridized carbons (Fsp3) is 0.678. The van der Waals surface area contributed by atoms with Crippen molar-refractivity contribution in [3.05, 3.63) is 146 Å². The monoisotopic (exact) mass is 1530 g/mol. The van der Waals surface area contributed by atoms with Gasteiger partial charge in [0.05, 0.1) is 26.4 Å². The first-order valence-electron chi connectivity index (χ1n) is 41.1. The van der Waals surface area contributed by atoms with Crippen molar-refractivity contribution in [2.75, 3.05) is 39.6 Å². The van der Waals surface area contributed by atoms with Crippen LogP contribution in [0.5, 0.6) is 0 Å². The predicted molar refractivity (Wildman–Crippen MR) is 436 cm³/mol. The van der Waals surface area contributed by atoms with Gasteiger partial charge in [-0.15, -0.1) is 0 Å². The van der Waals surface area contributed by atoms with Crippen molar-refractivity contribution in [2.45, 2.75) is 341 Å². The van der Waals surface area contributed by atoms with E-state index in [4.69, 9.17) is 37.0 Å². The van der Waals surface area contributed by atoms with Gasteiger partial charge in [-0.1, -0.05) is 283 Å². The molecule has 0 aromatic heterocycles. The minimum Gasteiger partial charge on any atom is -0.462 e. The summed E-state index contributed by atoms with van der Waals surface area (Å²) in [6, 6.07) is 0. The highest BCUT2D eigenvalue weighted by molar-refractivity contribution is 7.47. The van der Waals surface area contributed by atoms with Crippen LogP contribution in [0.2, 0.25) is 0 Å². The van der Waals surface area contributed by atoms with Gasteiger partial charge in [-0.3, -0.25) is 37.3 Å². The van der Waals surface area contributed by atoms with Crippen LogP contribution in [-0.2, 0) is 65.4 Å². The molecule has 0 aromatic carbocycles. The molecule has 17 nitrogen and oxygen atoms in total. The van der Waals surface area contributed by atoms with Crippen molar-refractivity contribution in [3.8, 4) is 0 Å². The SMILES string of the molecule is CC/C=C\C/C=C\C/C=C\C/C=C\CCCCCCCCC(=O)OCC(COP(=O)(O)OCC(O)COP(=O)(O)OCC(COC(=O)CCCCCCCC/C=C\C/C=C\C/C=C\C/C=C\CC)OC(=O)CCCCCCC/C=C\C/C=C\CCCCC)OC(=O)CCCCCCC/C=C\C/C=C\CCC. The zero-order chi connectivity index (χ0) is 77.4. The molecule has 0 fully saturated rings. The second-order valence-electron chi connectivity index (χ2n) is 26.9. The number of esters is 4. The number of aliphatic hydroxyl groups excluding tert-OH is 1.